The minimum atomic E-state index is 0.0689. The molecule has 6 heteroatoms. The predicted molar refractivity (Wildman–Crippen MR) is 65.3 cm³/mol. The van der Waals surface area contributed by atoms with Crippen LogP contribution in [0.15, 0.2) is 6.33 Å². The molecule has 0 spiro atoms. The Morgan fingerprint density at radius 2 is 2.31 bits per heavy atom. The van der Waals surface area contributed by atoms with E-state index in [0.717, 1.165) is 5.82 Å². The highest BCUT2D eigenvalue weighted by atomic mass is 32.2. The molecule has 16 heavy (non-hydrogen) atoms. The van der Waals surface area contributed by atoms with Crippen LogP contribution in [0, 0.1) is 0 Å². The van der Waals surface area contributed by atoms with Gasteiger partial charge in [0.2, 0.25) is 5.91 Å². The summed E-state index contributed by atoms with van der Waals surface area (Å²) in [5.74, 6) is 1.36. The topological polar surface area (TPSA) is 70.7 Å². The summed E-state index contributed by atoms with van der Waals surface area (Å²) in [6.45, 7) is 6.89. The second-order valence-corrected chi connectivity index (χ2v) is 6.24. The Morgan fingerprint density at radius 3 is 2.88 bits per heavy atom. The molecule has 0 fully saturated rings. The summed E-state index contributed by atoms with van der Waals surface area (Å²) in [6, 6.07) is 0. The summed E-state index contributed by atoms with van der Waals surface area (Å²) >= 11 is 1.64. The molecule has 0 atom stereocenters. The molecule has 0 unspecified atom stereocenters. The van der Waals surface area contributed by atoms with E-state index in [1.807, 2.05) is 0 Å². The molecule has 1 aromatic rings. The van der Waals surface area contributed by atoms with E-state index in [-0.39, 0.29) is 10.7 Å². The van der Waals surface area contributed by atoms with Crippen molar-refractivity contribution in [2.24, 2.45) is 0 Å². The van der Waals surface area contributed by atoms with Crippen molar-refractivity contribution in [2.45, 2.75) is 31.9 Å². The van der Waals surface area contributed by atoms with E-state index in [9.17, 15) is 4.79 Å². The zero-order chi connectivity index (χ0) is 12.0. The number of aromatic amines is 1. The number of carbonyl (C=O) groups excluding carboxylic acids is 1. The molecule has 0 radical (unpaired) electrons. The predicted octanol–water partition coefficient (Wildman–Crippen LogP) is 0.995. The number of H-pyrrole nitrogens is 1. The second-order valence-electron chi connectivity index (χ2n) is 4.43. The third-order valence-electron chi connectivity index (χ3n) is 1.79. The SMILES string of the molecule is CC(C)(C)SCC(=O)NCCc1ncn[nH]1. The molecule has 0 aliphatic rings. The fourth-order valence-electron chi connectivity index (χ4n) is 1.00. The average molecular weight is 242 g/mol. The largest absolute Gasteiger partial charge is 0.355 e. The smallest absolute Gasteiger partial charge is 0.230 e. The number of hydrogen-bond acceptors (Lipinski definition) is 4. The van der Waals surface area contributed by atoms with Crippen LogP contribution in [0.4, 0.5) is 0 Å². The zero-order valence-electron chi connectivity index (χ0n) is 9.91. The summed E-state index contributed by atoms with van der Waals surface area (Å²) < 4.78 is 0.127. The summed E-state index contributed by atoms with van der Waals surface area (Å²) in [5, 5.41) is 9.33. The van der Waals surface area contributed by atoms with E-state index in [2.05, 4.69) is 41.3 Å². The van der Waals surface area contributed by atoms with Gasteiger partial charge in [0, 0.05) is 17.7 Å². The van der Waals surface area contributed by atoms with Crippen molar-refractivity contribution in [3.8, 4) is 0 Å². The van der Waals surface area contributed by atoms with Crippen molar-refractivity contribution < 1.29 is 4.79 Å². The van der Waals surface area contributed by atoms with Gasteiger partial charge in [0.15, 0.2) is 0 Å². The summed E-state index contributed by atoms with van der Waals surface area (Å²) in [5.41, 5.74) is 0. The van der Waals surface area contributed by atoms with E-state index < -0.39 is 0 Å². The minimum Gasteiger partial charge on any atom is -0.355 e. The number of aromatic nitrogens is 3. The Labute approximate surface area is 99.8 Å². The van der Waals surface area contributed by atoms with E-state index in [0.29, 0.717) is 18.7 Å². The number of nitrogens with zero attached hydrogens (tertiary/aromatic N) is 2. The lowest BCUT2D eigenvalue weighted by atomic mass is 10.3. The zero-order valence-corrected chi connectivity index (χ0v) is 10.7. The summed E-state index contributed by atoms with van der Waals surface area (Å²) in [4.78, 5) is 15.4. The maximum atomic E-state index is 11.4. The molecule has 0 saturated heterocycles. The Balaban J connectivity index is 2.11. The summed E-state index contributed by atoms with van der Waals surface area (Å²) in [7, 11) is 0. The fraction of sp³-hybridized carbons (Fsp3) is 0.700. The van der Waals surface area contributed by atoms with E-state index in [1.165, 1.54) is 6.33 Å². The number of amides is 1. The standard InChI is InChI=1S/C10H18N4OS/c1-10(2,3)16-6-9(15)11-5-4-8-12-7-13-14-8/h7H,4-6H2,1-3H3,(H,11,15)(H,12,13,14). The molecule has 1 aromatic heterocycles. The highest BCUT2D eigenvalue weighted by Gasteiger charge is 2.12. The first kappa shape index (κ1) is 13.0. The van der Waals surface area contributed by atoms with Gasteiger partial charge in [-0.2, -0.15) is 5.10 Å². The Kier molecular flexibility index (Phi) is 4.79. The molecule has 1 amide bonds. The first-order valence-corrected chi connectivity index (χ1v) is 6.21. The number of hydrogen-bond donors (Lipinski definition) is 2. The van der Waals surface area contributed by atoms with Gasteiger partial charge in [0.1, 0.15) is 12.2 Å². The van der Waals surface area contributed by atoms with Crippen LogP contribution in [0.25, 0.3) is 0 Å². The monoisotopic (exact) mass is 242 g/mol. The van der Waals surface area contributed by atoms with E-state index in [4.69, 9.17) is 0 Å². The second kappa shape index (κ2) is 5.89. The average Bonchev–Trinajstić information content (AvgIpc) is 2.66. The lowest BCUT2D eigenvalue weighted by Gasteiger charge is -2.16. The van der Waals surface area contributed by atoms with Crippen molar-refractivity contribution in [3.63, 3.8) is 0 Å². The maximum Gasteiger partial charge on any atom is 0.230 e. The van der Waals surface area contributed by atoms with Gasteiger partial charge in [-0.15, -0.1) is 11.8 Å². The van der Waals surface area contributed by atoms with Gasteiger partial charge >= 0.3 is 0 Å². The summed E-state index contributed by atoms with van der Waals surface area (Å²) in [6.07, 6.45) is 2.15. The van der Waals surface area contributed by atoms with Crippen LogP contribution >= 0.6 is 11.8 Å². The van der Waals surface area contributed by atoms with Gasteiger partial charge in [0.05, 0.1) is 5.75 Å². The van der Waals surface area contributed by atoms with Gasteiger partial charge in [0.25, 0.3) is 0 Å². The van der Waals surface area contributed by atoms with Crippen LogP contribution < -0.4 is 5.32 Å². The first-order chi connectivity index (χ1) is 7.47. The van der Waals surface area contributed by atoms with Crippen molar-refractivity contribution in [3.05, 3.63) is 12.2 Å². The Bertz CT molecular complexity index is 318. The first-order valence-electron chi connectivity index (χ1n) is 5.22. The highest BCUT2D eigenvalue weighted by Crippen LogP contribution is 2.22. The molecule has 1 rings (SSSR count). The van der Waals surface area contributed by atoms with Crippen molar-refractivity contribution in [2.75, 3.05) is 12.3 Å². The van der Waals surface area contributed by atoms with Gasteiger partial charge in [-0.25, -0.2) is 4.98 Å². The molecule has 2 N–H and O–H groups in total. The molecule has 0 bridgehead atoms. The van der Waals surface area contributed by atoms with Crippen molar-refractivity contribution >= 4 is 17.7 Å². The Morgan fingerprint density at radius 1 is 1.56 bits per heavy atom. The molecule has 0 aliphatic carbocycles. The lowest BCUT2D eigenvalue weighted by molar-refractivity contribution is -0.118. The molecule has 1 heterocycles. The van der Waals surface area contributed by atoms with Gasteiger partial charge in [-0.1, -0.05) is 20.8 Å². The van der Waals surface area contributed by atoms with Crippen LogP contribution in [-0.4, -0.2) is 38.1 Å². The van der Waals surface area contributed by atoms with Gasteiger partial charge in [-0.05, 0) is 0 Å². The number of nitrogens with one attached hydrogen (secondary N) is 2. The van der Waals surface area contributed by atoms with Crippen molar-refractivity contribution in [1.82, 2.24) is 20.5 Å². The highest BCUT2D eigenvalue weighted by molar-refractivity contribution is 8.01. The third kappa shape index (κ3) is 5.75. The molecule has 0 saturated carbocycles. The molecule has 90 valence electrons. The maximum absolute atomic E-state index is 11.4. The van der Waals surface area contributed by atoms with E-state index in [1.54, 1.807) is 11.8 Å². The van der Waals surface area contributed by atoms with Crippen LogP contribution in [-0.2, 0) is 11.2 Å². The van der Waals surface area contributed by atoms with Gasteiger partial charge in [-0.3, -0.25) is 9.89 Å². The normalized spacial score (nSPS) is 11.4. The lowest BCUT2D eigenvalue weighted by Crippen LogP contribution is -2.29. The van der Waals surface area contributed by atoms with Crippen LogP contribution in [0.5, 0.6) is 0 Å². The molecular weight excluding hydrogens is 224 g/mol. The number of rotatable bonds is 5. The fourth-order valence-corrected chi connectivity index (χ4v) is 1.67. The van der Waals surface area contributed by atoms with Crippen LogP contribution in [0.3, 0.4) is 0 Å². The van der Waals surface area contributed by atoms with Crippen LogP contribution in [0.1, 0.15) is 26.6 Å². The molecule has 5 nitrogen and oxygen atoms in total. The van der Waals surface area contributed by atoms with E-state index >= 15 is 0 Å². The molecular formula is C10H18N4OS. The Hall–Kier alpha value is -1.04. The number of thioether (sulfide) groups is 1. The van der Waals surface area contributed by atoms with Crippen LogP contribution in [0.2, 0.25) is 0 Å². The molecule has 0 aromatic carbocycles. The van der Waals surface area contributed by atoms with Gasteiger partial charge < -0.3 is 5.32 Å². The number of carbonyl (C=O) groups is 1. The van der Waals surface area contributed by atoms with Crippen molar-refractivity contribution in [1.29, 1.82) is 0 Å². The molecule has 0 aliphatic heterocycles. The minimum absolute atomic E-state index is 0.0689. The quantitative estimate of drug-likeness (QED) is 0.808. The third-order valence-corrected chi connectivity index (χ3v) is 3.06.